The molecule has 0 atom stereocenters. The van der Waals surface area contributed by atoms with E-state index >= 15 is 0 Å². The Balaban J connectivity index is 1.62. The zero-order valence-corrected chi connectivity index (χ0v) is 21.1. The average Bonchev–Trinajstić information content (AvgIpc) is 3.28. The predicted molar refractivity (Wildman–Crippen MR) is 126 cm³/mol. The molecule has 0 saturated carbocycles. The molecule has 42 heavy (non-hydrogen) atoms. The summed E-state index contributed by atoms with van der Waals surface area (Å²) in [6.07, 6.45) is -15.2. The quantitative estimate of drug-likeness (QED) is 0.258. The maximum atomic E-state index is 13.8. The van der Waals surface area contributed by atoms with Crippen molar-refractivity contribution in [2.24, 2.45) is 0 Å². The maximum absolute atomic E-state index is 13.8. The lowest BCUT2D eigenvalue weighted by Crippen LogP contribution is -2.33. The highest BCUT2D eigenvalue weighted by Crippen LogP contribution is 2.35. The largest absolute Gasteiger partial charge is 0.433 e. The Hall–Kier alpha value is -4.39. The number of fused-ring (bicyclic) bond motifs is 1. The van der Waals surface area contributed by atoms with Crippen LogP contribution in [0.5, 0.6) is 5.75 Å². The molecular weight excluding hydrogens is 613 g/mol. The van der Waals surface area contributed by atoms with Crippen LogP contribution < -0.4 is 14.8 Å². The van der Waals surface area contributed by atoms with Crippen LogP contribution in [-0.4, -0.2) is 41.8 Å². The summed E-state index contributed by atoms with van der Waals surface area (Å²) in [7, 11) is -4.65. The predicted octanol–water partition coefficient (Wildman–Crippen LogP) is 5.89. The van der Waals surface area contributed by atoms with E-state index in [4.69, 9.17) is 4.74 Å². The first kappa shape index (κ1) is 30.6. The number of hydrogen-bond donors (Lipinski definition) is 2. The van der Waals surface area contributed by atoms with E-state index < -0.39 is 74.4 Å². The highest BCUT2D eigenvalue weighted by Gasteiger charge is 2.36. The standard InChI is InChI=1S/C23H14F9N5O4S/c24-21(25,26)11-34-42(39,40)15-3-1-2-14(8-15)35-20(38)41-17-10-33-37-18(23(30,31)32)9-16(36-19(17)37)12-4-6-13(7-5-12)22(27,28)29/h1-10,34H,11H2,(H,35,38). The number of carbonyl (C=O) groups is 1. The molecule has 0 radical (unpaired) electrons. The zero-order chi connectivity index (χ0) is 31.1. The minimum absolute atomic E-state index is 0.134. The molecule has 4 aromatic rings. The first-order chi connectivity index (χ1) is 19.3. The van der Waals surface area contributed by atoms with Crippen LogP contribution in [0.3, 0.4) is 0 Å². The summed E-state index contributed by atoms with van der Waals surface area (Å²) in [5.41, 5.74) is -3.95. The lowest BCUT2D eigenvalue weighted by atomic mass is 10.1. The highest BCUT2D eigenvalue weighted by atomic mass is 32.2. The first-order valence-electron chi connectivity index (χ1n) is 11.1. The van der Waals surface area contributed by atoms with Crippen molar-refractivity contribution >= 4 is 27.5 Å². The van der Waals surface area contributed by atoms with Crippen LogP contribution in [0.25, 0.3) is 16.9 Å². The molecule has 0 aliphatic carbocycles. The van der Waals surface area contributed by atoms with Crippen LogP contribution in [0.2, 0.25) is 0 Å². The van der Waals surface area contributed by atoms with Crippen LogP contribution in [0.1, 0.15) is 11.3 Å². The second kappa shape index (κ2) is 10.8. The van der Waals surface area contributed by atoms with Gasteiger partial charge in [-0.2, -0.15) is 44.6 Å². The maximum Gasteiger partial charge on any atom is 0.433 e. The van der Waals surface area contributed by atoms with E-state index in [-0.39, 0.29) is 15.8 Å². The molecule has 0 bridgehead atoms. The van der Waals surface area contributed by atoms with Gasteiger partial charge in [0.05, 0.1) is 22.3 Å². The van der Waals surface area contributed by atoms with E-state index in [0.717, 1.165) is 36.4 Å². The number of halogens is 9. The van der Waals surface area contributed by atoms with Crippen molar-refractivity contribution in [3.63, 3.8) is 0 Å². The van der Waals surface area contributed by atoms with Crippen LogP contribution in [0, 0.1) is 0 Å². The number of alkyl halides is 9. The van der Waals surface area contributed by atoms with E-state index in [1.54, 1.807) is 0 Å². The van der Waals surface area contributed by atoms with Gasteiger partial charge < -0.3 is 4.74 Å². The fraction of sp³-hybridized carbons (Fsp3) is 0.174. The molecule has 2 aromatic carbocycles. The van der Waals surface area contributed by atoms with Crippen molar-refractivity contribution < 1.29 is 57.5 Å². The number of benzene rings is 2. The van der Waals surface area contributed by atoms with Crippen molar-refractivity contribution in [1.82, 2.24) is 19.3 Å². The normalized spacial score (nSPS) is 12.9. The summed E-state index contributed by atoms with van der Waals surface area (Å²) in [6, 6.07) is 7.57. The number of rotatable bonds is 6. The number of anilines is 1. The summed E-state index contributed by atoms with van der Waals surface area (Å²) in [5.74, 6) is -0.623. The summed E-state index contributed by atoms with van der Waals surface area (Å²) < 4.78 is 148. The van der Waals surface area contributed by atoms with E-state index in [1.807, 2.05) is 0 Å². The van der Waals surface area contributed by atoms with Gasteiger partial charge in [-0.15, -0.1) is 0 Å². The molecule has 9 nitrogen and oxygen atoms in total. The van der Waals surface area contributed by atoms with Gasteiger partial charge in [0, 0.05) is 11.3 Å². The number of sulfonamides is 1. The number of nitrogens with one attached hydrogen (secondary N) is 2. The van der Waals surface area contributed by atoms with Gasteiger partial charge in [-0.3, -0.25) is 5.32 Å². The topological polar surface area (TPSA) is 115 Å². The van der Waals surface area contributed by atoms with Gasteiger partial charge in [-0.1, -0.05) is 18.2 Å². The molecular formula is C23H14F9N5O4S. The molecule has 0 aliphatic heterocycles. The molecule has 0 unspecified atom stereocenters. The molecule has 19 heteroatoms. The molecule has 1 amide bonds. The minimum Gasteiger partial charge on any atom is -0.404 e. The minimum atomic E-state index is -5.03. The lowest BCUT2D eigenvalue weighted by molar-refractivity contribution is -0.142. The average molecular weight is 627 g/mol. The first-order valence-corrected chi connectivity index (χ1v) is 12.6. The van der Waals surface area contributed by atoms with Gasteiger partial charge in [-0.25, -0.2) is 27.4 Å². The SMILES string of the molecule is O=C(Nc1cccc(S(=O)(=O)NCC(F)(F)F)c1)Oc1cnn2c(C(F)(F)F)cc(-c3ccc(C(F)(F)F)cc3)nc12. The van der Waals surface area contributed by atoms with E-state index in [1.165, 1.54) is 4.72 Å². The van der Waals surface area contributed by atoms with Crippen molar-refractivity contribution in [2.45, 2.75) is 23.4 Å². The number of ether oxygens (including phenoxy) is 1. The van der Waals surface area contributed by atoms with Gasteiger partial charge in [0.15, 0.2) is 17.1 Å². The Morgan fingerprint density at radius 3 is 2.17 bits per heavy atom. The van der Waals surface area contributed by atoms with Crippen molar-refractivity contribution in [2.75, 3.05) is 11.9 Å². The van der Waals surface area contributed by atoms with Crippen molar-refractivity contribution in [3.05, 3.63) is 72.1 Å². The monoisotopic (exact) mass is 627 g/mol. The molecule has 0 aliphatic rings. The molecule has 2 aromatic heterocycles. The van der Waals surface area contributed by atoms with Crippen LogP contribution in [-0.2, 0) is 22.4 Å². The smallest absolute Gasteiger partial charge is 0.404 e. The number of aromatic nitrogens is 3. The Morgan fingerprint density at radius 1 is 0.905 bits per heavy atom. The van der Waals surface area contributed by atoms with Crippen LogP contribution in [0.15, 0.2) is 65.7 Å². The number of hydrogen-bond acceptors (Lipinski definition) is 6. The summed E-state index contributed by atoms with van der Waals surface area (Å²) in [5, 5.41) is 5.59. The third-order valence-electron chi connectivity index (χ3n) is 5.29. The second-order valence-corrected chi connectivity index (χ2v) is 10.1. The fourth-order valence-corrected chi connectivity index (χ4v) is 4.50. The molecule has 2 N–H and O–H groups in total. The van der Waals surface area contributed by atoms with Gasteiger partial charge in [0.2, 0.25) is 10.0 Å². The third kappa shape index (κ3) is 7.08. The molecule has 224 valence electrons. The van der Waals surface area contributed by atoms with Crippen molar-refractivity contribution in [3.8, 4) is 17.0 Å². The molecule has 0 saturated heterocycles. The number of nitrogens with zero attached hydrogens (tertiary/aromatic N) is 3. The van der Waals surface area contributed by atoms with E-state index in [2.05, 4.69) is 15.4 Å². The van der Waals surface area contributed by atoms with Gasteiger partial charge in [0.1, 0.15) is 6.54 Å². The zero-order valence-electron chi connectivity index (χ0n) is 20.3. The van der Waals surface area contributed by atoms with Crippen LogP contribution >= 0.6 is 0 Å². The van der Waals surface area contributed by atoms with E-state index in [9.17, 15) is 52.7 Å². The Kier molecular flexibility index (Phi) is 7.85. The molecule has 0 spiro atoms. The Bertz CT molecular complexity index is 1730. The van der Waals surface area contributed by atoms with E-state index in [0.29, 0.717) is 24.4 Å². The number of amides is 1. The third-order valence-corrected chi connectivity index (χ3v) is 6.69. The Morgan fingerprint density at radius 2 is 1.57 bits per heavy atom. The lowest BCUT2D eigenvalue weighted by Gasteiger charge is -2.12. The summed E-state index contributed by atoms with van der Waals surface area (Å²) in [4.78, 5) is 15.8. The van der Waals surface area contributed by atoms with Crippen molar-refractivity contribution in [1.29, 1.82) is 0 Å². The second-order valence-electron chi connectivity index (χ2n) is 8.33. The fourth-order valence-electron chi connectivity index (χ4n) is 3.44. The Labute approximate surface area is 229 Å². The van der Waals surface area contributed by atoms with Gasteiger partial charge in [-0.05, 0) is 36.4 Å². The van der Waals surface area contributed by atoms with Gasteiger partial charge >= 0.3 is 24.6 Å². The van der Waals surface area contributed by atoms with Gasteiger partial charge in [0.25, 0.3) is 0 Å². The molecule has 4 rings (SSSR count). The summed E-state index contributed by atoms with van der Waals surface area (Å²) in [6.45, 7) is -1.86. The molecule has 0 fully saturated rings. The summed E-state index contributed by atoms with van der Waals surface area (Å²) >= 11 is 0. The molecule has 2 heterocycles. The number of carbonyl (C=O) groups excluding carboxylic acids is 1. The van der Waals surface area contributed by atoms with Crippen LogP contribution in [0.4, 0.5) is 50.0 Å². The highest BCUT2D eigenvalue weighted by molar-refractivity contribution is 7.89.